The molecule has 4 amide bonds. The van der Waals surface area contributed by atoms with Crippen LogP contribution in [0.5, 0.6) is 0 Å². The van der Waals surface area contributed by atoms with Crippen LogP contribution in [-0.4, -0.2) is 101 Å². The minimum atomic E-state index is -1.04. The second-order valence-electron chi connectivity index (χ2n) is 12.9. The number of amides is 4. The highest BCUT2D eigenvalue weighted by atomic mass is 16.4. The number of likely N-dealkylation sites (N-methyl/N-ethyl adjacent to an activating group) is 1. The lowest BCUT2D eigenvalue weighted by Gasteiger charge is -2.44. The number of rotatable bonds is 12. The van der Waals surface area contributed by atoms with E-state index in [1.165, 1.54) is 10.5 Å². The normalized spacial score (nSPS) is 22.2. The molecule has 5 rings (SSSR count). The van der Waals surface area contributed by atoms with E-state index in [1.54, 1.807) is 18.9 Å². The van der Waals surface area contributed by atoms with Gasteiger partial charge in [0.15, 0.2) is 0 Å². The Balaban J connectivity index is 1.33. The molecule has 11 heteroatoms. The number of benzene rings is 2. The summed E-state index contributed by atoms with van der Waals surface area (Å²) in [7, 11) is 1.68. The van der Waals surface area contributed by atoms with Gasteiger partial charge in [-0.2, -0.15) is 0 Å². The third kappa shape index (κ3) is 8.06. The standard InChI is InChI=1S/C35H48N6O5/c1-24(36-2)32(42)38-30(18-10-20-40(35(45)46)21-25-11-4-3-5-12-25)34(44)41-22-27-15-9-19-39(27)23-31(41)33(43)37-29-17-8-14-26-13-6-7-16-28(26)29/h3-7,11-13,16,24,27,29-31,36H,8-10,14-15,17-23H2,1-2H3,(H,37,43)(H,38,42)(H,45,46)/t24-,27+,29+,30-,31-/m0/s1. The molecule has 0 bridgehead atoms. The molecule has 0 unspecified atom stereocenters. The molecule has 5 atom stereocenters. The van der Waals surface area contributed by atoms with Crippen LogP contribution >= 0.6 is 0 Å². The summed E-state index contributed by atoms with van der Waals surface area (Å²) in [5.74, 6) is -0.786. The molecule has 3 aliphatic rings. The van der Waals surface area contributed by atoms with E-state index in [2.05, 4.69) is 33.0 Å². The largest absolute Gasteiger partial charge is 0.465 e. The van der Waals surface area contributed by atoms with Gasteiger partial charge in [-0.25, -0.2) is 4.79 Å². The van der Waals surface area contributed by atoms with Crippen LogP contribution < -0.4 is 16.0 Å². The van der Waals surface area contributed by atoms with E-state index in [9.17, 15) is 24.3 Å². The molecule has 2 aromatic carbocycles. The number of carbonyl (C=O) groups is 4. The number of fused-ring (bicyclic) bond motifs is 2. The SMILES string of the molecule is CN[C@@H](C)C(=O)N[C@@H](CCCN(Cc1ccccc1)C(=O)O)C(=O)N1C[C@H]2CCCN2C[C@H]1C(=O)N[C@@H]1CCCc2ccccc21. The highest BCUT2D eigenvalue weighted by Gasteiger charge is 2.44. The Bertz CT molecular complexity index is 1370. The van der Waals surface area contributed by atoms with Crippen LogP contribution in [-0.2, 0) is 27.3 Å². The van der Waals surface area contributed by atoms with Crippen LogP contribution in [0.3, 0.4) is 0 Å². The Labute approximate surface area is 271 Å². The molecule has 248 valence electrons. The lowest BCUT2D eigenvalue weighted by Crippen LogP contribution is -2.65. The van der Waals surface area contributed by atoms with Gasteiger partial charge in [-0.1, -0.05) is 54.6 Å². The molecular weight excluding hydrogens is 584 g/mol. The maximum absolute atomic E-state index is 14.4. The Morgan fingerprint density at radius 2 is 1.76 bits per heavy atom. The maximum atomic E-state index is 14.4. The van der Waals surface area contributed by atoms with Crippen molar-refractivity contribution < 1.29 is 24.3 Å². The van der Waals surface area contributed by atoms with E-state index in [1.807, 2.05) is 42.5 Å². The monoisotopic (exact) mass is 632 g/mol. The fourth-order valence-electron chi connectivity index (χ4n) is 7.07. The summed E-state index contributed by atoms with van der Waals surface area (Å²) in [5, 5.41) is 19.0. The van der Waals surface area contributed by atoms with E-state index in [-0.39, 0.29) is 49.3 Å². The lowest BCUT2D eigenvalue weighted by molar-refractivity contribution is -0.148. The Hall–Kier alpha value is -3.96. The Kier molecular flexibility index (Phi) is 11.3. The topological polar surface area (TPSA) is 134 Å². The van der Waals surface area contributed by atoms with Crippen molar-refractivity contribution in [1.82, 2.24) is 30.7 Å². The molecule has 2 heterocycles. The molecule has 0 saturated carbocycles. The Morgan fingerprint density at radius 3 is 2.52 bits per heavy atom. The first-order chi connectivity index (χ1) is 22.2. The summed E-state index contributed by atoms with van der Waals surface area (Å²) < 4.78 is 0. The molecule has 2 saturated heterocycles. The van der Waals surface area contributed by atoms with Gasteiger partial charge in [0.05, 0.1) is 12.1 Å². The molecular formula is C35H48N6O5. The number of hydrogen-bond acceptors (Lipinski definition) is 6. The van der Waals surface area contributed by atoms with Crippen molar-refractivity contribution in [3.05, 3.63) is 71.3 Å². The lowest BCUT2D eigenvalue weighted by atomic mass is 9.87. The van der Waals surface area contributed by atoms with E-state index < -0.39 is 24.2 Å². The number of carbonyl (C=O) groups excluding carboxylic acids is 3. The van der Waals surface area contributed by atoms with Crippen molar-refractivity contribution in [2.75, 3.05) is 33.2 Å². The van der Waals surface area contributed by atoms with Gasteiger partial charge in [-0.15, -0.1) is 0 Å². The van der Waals surface area contributed by atoms with E-state index in [0.29, 0.717) is 19.5 Å². The number of nitrogens with zero attached hydrogens (tertiary/aromatic N) is 3. The summed E-state index contributed by atoms with van der Waals surface area (Å²) in [5.41, 5.74) is 3.26. The number of piperazine rings is 1. The maximum Gasteiger partial charge on any atom is 0.407 e. The zero-order chi connectivity index (χ0) is 32.6. The molecule has 0 radical (unpaired) electrons. The second kappa shape index (κ2) is 15.6. The summed E-state index contributed by atoms with van der Waals surface area (Å²) in [6, 6.07) is 15.5. The van der Waals surface area contributed by atoms with Crippen LogP contribution in [0.15, 0.2) is 54.6 Å². The third-order valence-electron chi connectivity index (χ3n) is 9.81. The molecule has 11 nitrogen and oxygen atoms in total. The van der Waals surface area contributed by atoms with Crippen LogP contribution in [0, 0.1) is 0 Å². The fourth-order valence-corrected chi connectivity index (χ4v) is 7.07. The molecule has 0 spiro atoms. The molecule has 2 aliphatic heterocycles. The Morgan fingerprint density at radius 1 is 1.00 bits per heavy atom. The predicted molar refractivity (Wildman–Crippen MR) is 175 cm³/mol. The van der Waals surface area contributed by atoms with Crippen molar-refractivity contribution in [3.63, 3.8) is 0 Å². The zero-order valence-electron chi connectivity index (χ0n) is 27.0. The van der Waals surface area contributed by atoms with Crippen molar-refractivity contribution in [3.8, 4) is 0 Å². The van der Waals surface area contributed by atoms with Crippen LogP contribution in [0.25, 0.3) is 0 Å². The molecule has 2 fully saturated rings. The molecule has 0 aromatic heterocycles. The van der Waals surface area contributed by atoms with Gasteiger partial charge >= 0.3 is 6.09 Å². The van der Waals surface area contributed by atoms with Gasteiger partial charge in [-0.3, -0.25) is 19.3 Å². The molecule has 1 aliphatic carbocycles. The van der Waals surface area contributed by atoms with Crippen LogP contribution in [0.2, 0.25) is 0 Å². The van der Waals surface area contributed by atoms with Gasteiger partial charge in [0.25, 0.3) is 0 Å². The third-order valence-corrected chi connectivity index (χ3v) is 9.81. The zero-order valence-corrected chi connectivity index (χ0v) is 27.0. The number of hydrogen-bond donors (Lipinski definition) is 4. The van der Waals surface area contributed by atoms with Crippen LogP contribution in [0.1, 0.15) is 68.2 Å². The number of aryl methyl sites for hydroxylation is 1. The van der Waals surface area contributed by atoms with Crippen LogP contribution in [0.4, 0.5) is 4.79 Å². The second-order valence-corrected chi connectivity index (χ2v) is 12.9. The fraction of sp³-hybridized carbons (Fsp3) is 0.543. The molecule has 4 N–H and O–H groups in total. The smallest absolute Gasteiger partial charge is 0.407 e. The van der Waals surface area contributed by atoms with Gasteiger partial charge in [0.1, 0.15) is 12.1 Å². The number of nitrogens with one attached hydrogen (secondary N) is 3. The van der Waals surface area contributed by atoms with Crippen molar-refractivity contribution in [1.29, 1.82) is 0 Å². The summed E-state index contributed by atoms with van der Waals surface area (Å²) >= 11 is 0. The minimum absolute atomic E-state index is 0.107. The van der Waals surface area contributed by atoms with Crippen molar-refractivity contribution in [2.45, 2.75) is 88.6 Å². The van der Waals surface area contributed by atoms with Gasteiger partial charge < -0.3 is 30.9 Å². The average molecular weight is 633 g/mol. The number of carboxylic acid groups (broad SMARTS) is 1. The highest BCUT2D eigenvalue weighted by molar-refractivity contribution is 5.93. The van der Waals surface area contributed by atoms with Gasteiger partial charge in [0, 0.05) is 32.2 Å². The predicted octanol–water partition coefficient (Wildman–Crippen LogP) is 2.91. The van der Waals surface area contributed by atoms with E-state index in [4.69, 9.17) is 0 Å². The molecule has 2 aromatic rings. The molecule has 46 heavy (non-hydrogen) atoms. The summed E-state index contributed by atoms with van der Waals surface area (Å²) in [6.07, 6.45) is 4.36. The average Bonchev–Trinajstić information content (AvgIpc) is 3.54. The van der Waals surface area contributed by atoms with Gasteiger partial charge in [-0.05, 0) is 82.2 Å². The first-order valence-corrected chi connectivity index (χ1v) is 16.7. The van der Waals surface area contributed by atoms with Crippen molar-refractivity contribution >= 4 is 23.8 Å². The van der Waals surface area contributed by atoms with Crippen molar-refractivity contribution in [2.24, 2.45) is 0 Å². The van der Waals surface area contributed by atoms with E-state index >= 15 is 0 Å². The quantitative estimate of drug-likeness (QED) is 0.283. The highest BCUT2D eigenvalue weighted by Crippen LogP contribution is 2.31. The van der Waals surface area contributed by atoms with Gasteiger partial charge in [0.2, 0.25) is 17.7 Å². The van der Waals surface area contributed by atoms with E-state index in [0.717, 1.165) is 49.8 Å². The first-order valence-electron chi connectivity index (χ1n) is 16.7. The minimum Gasteiger partial charge on any atom is -0.465 e. The summed E-state index contributed by atoms with van der Waals surface area (Å²) in [6.45, 7) is 3.92. The summed E-state index contributed by atoms with van der Waals surface area (Å²) in [4.78, 5) is 58.9. The first kappa shape index (κ1) is 33.4.